The number of aromatic nitrogens is 4. The average molecular weight is 334 g/mol. The van der Waals surface area contributed by atoms with Gasteiger partial charge in [-0.15, -0.1) is 0 Å². The maximum Gasteiger partial charge on any atom is 0.329 e. The molecule has 2 aromatic heterocycles. The molecule has 9 heteroatoms. The molecule has 0 saturated carbocycles. The Hall–Kier alpha value is -2.58. The third-order valence-corrected chi connectivity index (χ3v) is 4.44. The maximum absolute atomic E-state index is 12.3. The Bertz CT molecular complexity index is 885. The van der Waals surface area contributed by atoms with Crippen LogP contribution < -0.4 is 16.1 Å². The Morgan fingerprint density at radius 2 is 1.88 bits per heavy atom. The Morgan fingerprint density at radius 1 is 1.21 bits per heavy atom. The van der Waals surface area contributed by atoms with E-state index in [1.54, 1.807) is 18.9 Å². The monoisotopic (exact) mass is 334 g/mol. The second-order valence-corrected chi connectivity index (χ2v) is 6.05. The number of hydrogen-bond donors (Lipinski definition) is 1. The van der Waals surface area contributed by atoms with Crippen LogP contribution in [0.25, 0.3) is 11.2 Å². The zero-order chi connectivity index (χ0) is 17.4. The van der Waals surface area contributed by atoms with Crippen LogP contribution in [0.1, 0.15) is 20.3 Å². The maximum atomic E-state index is 12.3. The quantitative estimate of drug-likeness (QED) is 0.816. The van der Waals surface area contributed by atoms with Crippen molar-refractivity contribution in [2.24, 2.45) is 7.05 Å². The molecule has 0 aromatic carbocycles. The molecule has 0 atom stereocenters. The van der Waals surface area contributed by atoms with Crippen LogP contribution in [0.3, 0.4) is 0 Å². The lowest BCUT2D eigenvalue weighted by atomic mass is 10.3. The summed E-state index contributed by atoms with van der Waals surface area (Å²) in [7, 11) is 1.60. The highest BCUT2D eigenvalue weighted by atomic mass is 16.2. The van der Waals surface area contributed by atoms with E-state index in [0.29, 0.717) is 49.8 Å². The van der Waals surface area contributed by atoms with Gasteiger partial charge in [0.15, 0.2) is 11.2 Å². The topological polar surface area (TPSA) is 96.2 Å². The Morgan fingerprint density at radius 3 is 2.46 bits per heavy atom. The van der Waals surface area contributed by atoms with Gasteiger partial charge in [-0.3, -0.25) is 19.1 Å². The number of amides is 1. The minimum absolute atomic E-state index is 0.0653. The Labute approximate surface area is 138 Å². The van der Waals surface area contributed by atoms with Crippen molar-refractivity contribution in [2.45, 2.75) is 26.8 Å². The summed E-state index contributed by atoms with van der Waals surface area (Å²) in [6, 6.07) is 0. The van der Waals surface area contributed by atoms with Crippen LogP contribution in [0, 0.1) is 0 Å². The number of hydrogen-bond acceptors (Lipinski definition) is 5. The van der Waals surface area contributed by atoms with Crippen molar-refractivity contribution in [1.82, 2.24) is 24.0 Å². The molecular formula is C15H22N6O3. The van der Waals surface area contributed by atoms with Crippen LogP contribution >= 0.6 is 0 Å². The standard InChI is InChI=1S/C15H22N6O3/c1-4-5-21-11-12(18(3)15(24)17-13(11)23)16-14(21)20-8-6-19(7-9-20)10(2)22/h4-9H2,1-3H3,(H,17,23,24). The number of fused-ring (bicyclic) bond motifs is 1. The van der Waals surface area contributed by atoms with Crippen molar-refractivity contribution < 1.29 is 4.79 Å². The SMILES string of the molecule is CCCn1c(N2CCN(C(C)=O)CC2)nc2c1c(=O)[nH]c(=O)n2C. The number of nitrogens with zero attached hydrogens (tertiary/aromatic N) is 5. The summed E-state index contributed by atoms with van der Waals surface area (Å²) in [4.78, 5) is 46.4. The van der Waals surface area contributed by atoms with Gasteiger partial charge in [-0.2, -0.15) is 4.98 Å². The zero-order valence-corrected chi connectivity index (χ0v) is 14.2. The number of nitrogens with one attached hydrogen (secondary N) is 1. The lowest BCUT2D eigenvalue weighted by molar-refractivity contribution is -0.129. The van der Waals surface area contributed by atoms with E-state index in [9.17, 15) is 14.4 Å². The highest BCUT2D eigenvalue weighted by molar-refractivity contribution is 5.75. The number of H-pyrrole nitrogens is 1. The van der Waals surface area contributed by atoms with E-state index < -0.39 is 11.2 Å². The van der Waals surface area contributed by atoms with E-state index in [1.807, 2.05) is 11.5 Å². The molecule has 1 saturated heterocycles. The van der Waals surface area contributed by atoms with Crippen molar-refractivity contribution in [3.63, 3.8) is 0 Å². The van der Waals surface area contributed by atoms with E-state index in [1.165, 1.54) is 4.57 Å². The highest BCUT2D eigenvalue weighted by Crippen LogP contribution is 2.21. The predicted octanol–water partition coefficient (Wildman–Crippen LogP) is -0.498. The van der Waals surface area contributed by atoms with E-state index >= 15 is 0 Å². The molecule has 1 aliphatic heterocycles. The number of carbonyl (C=O) groups excluding carboxylic acids is 1. The van der Waals surface area contributed by atoms with E-state index in [0.717, 1.165) is 6.42 Å². The van der Waals surface area contributed by atoms with Crippen molar-refractivity contribution in [2.75, 3.05) is 31.1 Å². The minimum atomic E-state index is -0.471. The van der Waals surface area contributed by atoms with Crippen molar-refractivity contribution >= 4 is 23.0 Å². The second-order valence-electron chi connectivity index (χ2n) is 6.05. The number of carbonyl (C=O) groups is 1. The Kier molecular flexibility index (Phi) is 4.16. The first kappa shape index (κ1) is 16.3. The predicted molar refractivity (Wildman–Crippen MR) is 90.4 cm³/mol. The number of anilines is 1. The molecule has 9 nitrogen and oxygen atoms in total. The van der Waals surface area contributed by atoms with E-state index in [2.05, 4.69) is 14.9 Å². The van der Waals surface area contributed by atoms with Crippen LogP contribution in [0.15, 0.2) is 9.59 Å². The molecule has 1 N–H and O–H groups in total. The normalized spacial score (nSPS) is 15.3. The van der Waals surface area contributed by atoms with E-state index in [4.69, 9.17) is 0 Å². The van der Waals surface area contributed by atoms with Crippen LogP contribution in [0.5, 0.6) is 0 Å². The molecule has 24 heavy (non-hydrogen) atoms. The fraction of sp³-hybridized carbons (Fsp3) is 0.600. The molecule has 1 aliphatic rings. The van der Waals surface area contributed by atoms with Crippen molar-refractivity contribution in [3.8, 4) is 0 Å². The largest absolute Gasteiger partial charge is 0.339 e. The zero-order valence-electron chi connectivity index (χ0n) is 14.2. The van der Waals surface area contributed by atoms with Gasteiger partial charge < -0.3 is 14.4 Å². The van der Waals surface area contributed by atoms with Crippen molar-refractivity contribution in [3.05, 3.63) is 20.8 Å². The third kappa shape index (κ3) is 2.59. The molecular weight excluding hydrogens is 312 g/mol. The first-order chi connectivity index (χ1) is 11.4. The van der Waals surface area contributed by atoms with Crippen LogP contribution in [-0.4, -0.2) is 56.1 Å². The number of aryl methyl sites for hydroxylation is 2. The molecule has 1 fully saturated rings. The van der Waals surface area contributed by atoms with Gasteiger partial charge in [0.2, 0.25) is 11.9 Å². The molecule has 0 unspecified atom stereocenters. The first-order valence-electron chi connectivity index (χ1n) is 8.14. The fourth-order valence-corrected chi connectivity index (χ4v) is 3.12. The number of aromatic amines is 1. The van der Waals surface area contributed by atoms with Gasteiger partial charge in [-0.25, -0.2) is 4.79 Å². The summed E-state index contributed by atoms with van der Waals surface area (Å²) in [6.07, 6.45) is 0.841. The number of piperazine rings is 1. The van der Waals surface area contributed by atoms with Gasteiger partial charge in [0.05, 0.1) is 0 Å². The lowest BCUT2D eigenvalue weighted by Gasteiger charge is -2.34. The molecule has 1 amide bonds. The van der Waals surface area contributed by atoms with Crippen LogP contribution in [0.2, 0.25) is 0 Å². The molecule has 2 aromatic rings. The van der Waals surface area contributed by atoms with Crippen LogP contribution in [0.4, 0.5) is 5.95 Å². The summed E-state index contributed by atoms with van der Waals surface area (Å²) < 4.78 is 3.23. The van der Waals surface area contributed by atoms with Gasteiger partial charge in [0.25, 0.3) is 5.56 Å². The third-order valence-electron chi connectivity index (χ3n) is 4.44. The molecule has 130 valence electrons. The van der Waals surface area contributed by atoms with Gasteiger partial charge in [-0.05, 0) is 6.42 Å². The van der Waals surface area contributed by atoms with E-state index in [-0.39, 0.29) is 5.91 Å². The smallest absolute Gasteiger partial charge is 0.329 e. The summed E-state index contributed by atoms with van der Waals surface area (Å²) in [6.45, 7) is 6.79. The fourth-order valence-electron chi connectivity index (χ4n) is 3.12. The lowest BCUT2D eigenvalue weighted by Crippen LogP contribution is -2.48. The van der Waals surface area contributed by atoms with Gasteiger partial charge in [0, 0.05) is 46.7 Å². The highest BCUT2D eigenvalue weighted by Gasteiger charge is 2.25. The molecule has 0 radical (unpaired) electrons. The number of imidazole rings is 1. The van der Waals surface area contributed by atoms with Gasteiger partial charge >= 0.3 is 5.69 Å². The summed E-state index contributed by atoms with van der Waals surface area (Å²) in [5, 5.41) is 0. The summed E-state index contributed by atoms with van der Waals surface area (Å²) in [5.41, 5.74) is -0.0755. The Balaban J connectivity index is 2.08. The molecule has 0 spiro atoms. The van der Waals surface area contributed by atoms with Gasteiger partial charge in [-0.1, -0.05) is 6.92 Å². The average Bonchev–Trinajstić information content (AvgIpc) is 2.93. The second kappa shape index (κ2) is 6.14. The number of rotatable bonds is 3. The first-order valence-corrected chi connectivity index (χ1v) is 8.14. The summed E-state index contributed by atoms with van der Waals surface area (Å²) in [5.74, 6) is 0.748. The molecule has 3 heterocycles. The molecule has 0 aliphatic carbocycles. The molecule has 0 bridgehead atoms. The molecule has 3 rings (SSSR count). The van der Waals surface area contributed by atoms with Crippen LogP contribution in [-0.2, 0) is 18.4 Å². The van der Waals surface area contributed by atoms with Crippen molar-refractivity contribution in [1.29, 1.82) is 0 Å². The van der Waals surface area contributed by atoms with Gasteiger partial charge in [0.1, 0.15) is 0 Å². The summed E-state index contributed by atoms with van der Waals surface area (Å²) >= 11 is 0. The minimum Gasteiger partial charge on any atom is -0.339 e.